The van der Waals surface area contributed by atoms with E-state index in [9.17, 15) is 19.5 Å². The van der Waals surface area contributed by atoms with Gasteiger partial charge in [-0.2, -0.15) is 0 Å². The Morgan fingerprint density at radius 2 is 1.83 bits per heavy atom. The fraction of sp³-hybridized carbons (Fsp3) is 0.625. The minimum absolute atomic E-state index is 0.00781. The van der Waals surface area contributed by atoms with E-state index < -0.39 is 11.9 Å². The lowest BCUT2D eigenvalue weighted by Crippen LogP contribution is -2.33. The van der Waals surface area contributed by atoms with Crippen molar-refractivity contribution in [3.05, 3.63) is 11.3 Å². The summed E-state index contributed by atoms with van der Waals surface area (Å²) >= 11 is 0. The van der Waals surface area contributed by atoms with Gasteiger partial charge in [-0.15, -0.1) is 0 Å². The maximum atomic E-state index is 12.3. The molecule has 0 spiro atoms. The molecular weight excluding hydrogens is 302 g/mol. The van der Waals surface area contributed by atoms with Gasteiger partial charge in [0.2, 0.25) is 0 Å². The summed E-state index contributed by atoms with van der Waals surface area (Å²) in [6.07, 6.45) is 0.546. The summed E-state index contributed by atoms with van der Waals surface area (Å²) in [6.45, 7) is 3.88. The fourth-order valence-corrected chi connectivity index (χ4v) is 2.48. The van der Waals surface area contributed by atoms with Crippen LogP contribution in [0.2, 0.25) is 0 Å². The summed E-state index contributed by atoms with van der Waals surface area (Å²) in [7, 11) is 1.25. The predicted octanol–water partition coefficient (Wildman–Crippen LogP) is 2.06. The van der Waals surface area contributed by atoms with Gasteiger partial charge in [-0.3, -0.25) is 19.4 Å². The molecule has 0 atom stereocenters. The lowest BCUT2D eigenvalue weighted by Gasteiger charge is -2.31. The molecule has 0 aromatic heterocycles. The number of aliphatic hydroxyl groups excluding tert-OH is 1. The zero-order valence-electron chi connectivity index (χ0n) is 13.7. The van der Waals surface area contributed by atoms with Gasteiger partial charge in [0.15, 0.2) is 5.78 Å². The Morgan fingerprint density at radius 1 is 1.17 bits per heavy atom. The van der Waals surface area contributed by atoms with E-state index in [0.717, 1.165) is 0 Å². The maximum absolute atomic E-state index is 12.3. The number of allylic oxidation sites excluding steroid dienone is 2. The summed E-state index contributed by atoms with van der Waals surface area (Å²) < 4.78 is 4.51. The minimum atomic E-state index is -0.976. The average Bonchev–Trinajstić information content (AvgIpc) is 2.42. The van der Waals surface area contributed by atoms with E-state index in [1.807, 2.05) is 13.8 Å². The molecule has 0 amide bonds. The van der Waals surface area contributed by atoms with Gasteiger partial charge in [0.25, 0.3) is 0 Å². The maximum Gasteiger partial charge on any atom is 0.305 e. The molecule has 1 aliphatic carbocycles. The molecular formula is C16H23NO6. The molecule has 1 rings (SSSR count). The number of carbonyl (C=O) groups excluding carboxylic acids is 2. The molecule has 1 aliphatic rings. The smallest absolute Gasteiger partial charge is 0.305 e. The van der Waals surface area contributed by atoms with Crippen LogP contribution in [0.5, 0.6) is 0 Å². The first-order valence-electron chi connectivity index (χ1n) is 7.44. The van der Waals surface area contributed by atoms with Gasteiger partial charge < -0.3 is 14.9 Å². The van der Waals surface area contributed by atoms with Gasteiger partial charge >= 0.3 is 11.9 Å². The van der Waals surface area contributed by atoms with E-state index in [0.29, 0.717) is 12.1 Å². The molecule has 0 radical (unpaired) electrons. The van der Waals surface area contributed by atoms with Crippen molar-refractivity contribution in [2.75, 3.05) is 13.7 Å². The molecule has 0 heterocycles. The number of ketones is 1. The van der Waals surface area contributed by atoms with Crippen molar-refractivity contribution in [3.8, 4) is 0 Å². The van der Waals surface area contributed by atoms with Crippen LogP contribution in [0.1, 0.15) is 46.0 Å². The first kappa shape index (κ1) is 18.9. The third-order valence-electron chi connectivity index (χ3n) is 3.56. The van der Waals surface area contributed by atoms with E-state index in [1.54, 1.807) is 0 Å². The van der Waals surface area contributed by atoms with Crippen molar-refractivity contribution in [1.82, 2.24) is 0 Å². The standard InChI is InChI=1S/C16H23NO6/c1-16(2)8-10(17-7-6-13(20)21)15(12(19)9-16)11(18)4-5-14(22)23-3/h18H,4-9H2,1-3H3,(H,20,21). The van der Waals surface area contributed by atoms with Crippen LogP contribution in [0.4, 0.5) is 0 Å². The summed E-state index contributed by atoms with van der Waals surface area (Å²) in [6, 6.07) is 0. The first-order chi connectivity index (χ1) is 10.7. The number of aliphatic imine (C=N–C) groups is 1. The number of nitrogens with zero attached hydrogens (tertiary/aromatic N) is 1. The molecule has 0 bridgehead atoms. The van der Waals surface area contributed by atoms with Gasteiger partial charge in [0.05, 0.1) is 25.5 Å². The van der Waals surface area contributed by atoms with Crippen molar-refractivity contribution < 1.29 is 29.3 Å². The van der Waals surface area contributed by atoms with Gasteiger partial charge in [-0.1, -0.05) is 13.8 Å². The Hall–Kier alpha value is -2.18. The van der Waals surface area contributed by atoms with E-state index in [4.69, 9.17) is 5.11 Å². The quantitative estimate of drug-likeness (QED) is 0.439. The summed E-state index contributed by atoms with van der Waals surface area (Å²) in [5.41, 5.74) is 0.235. The van der Waals surface area contributed by atoms with Gasteiger partial charge in [0.1, 0.15) is 5.76 Å². The minimum Gasteiger partial charge on any atom is -0.511 e. The molecule has 2 N–H and O–H groups in total. The molecule has 0 unspecified atom stereocenters. The number of carbonyl (C=O) groups is 3. The zero-order chi connectivity index (χ0) is 17.6. The summed E-state index contributed by atoms with van der Waals surface area (Å²) in [5.74, 6) is -1.89. The van der Waals surface area contributed by atoms with Crippen molar-refractivity contribution in [2.24, 2.45) is 10.4 Å². The second kappa shape index (κ2) is 7.89. The molecule has 1 saturated carbocycles. The van der Waals surface area contributed by atoms with E-state index in [1.165, 1.54) is 7.11 Å². The lowest BCUT2D eigenvalue weighted by atomic mass is 9.73. The fourth-order valence-electron chi connectivity index (χ4n) is 2.48. The number of esters is 1. The number of aliphatic carboxylic acids is 1. The van der Waals surface area contributed by atoms with E-state index in [2.05, 4.69) is 9.73 Å². The highest BCUT2D eigenvalue weighted by molar-refractivity contribution is 6.24. The molecule has 7 heteroatoms. The number of carboxylic acids is 1. The third kappa shape index (κ3) is 5.84. The van der Waals surface area contributed by atoms with Crippen LogP contribution in [-0.2, 0) is 19.1 Å². The van der Waals surface area contributed by atoms with Gasteiger partial charge in [0, 0.05) is 25.1 Å². The second-order valence-electron chi connectivity index (χ2n) is 6.31. The summed E-state index contributed by atoms with van der Waals surface area (Å²) in [5, 5.41) is 18.9. The van der Waals surface area contributed by atoms with Crippen molar-refractivity contribution in [3.63, 3.8) is 0 Å². The van der Waals surface area contributed by atoms with Gasteiger partial charge in [-0.25, -0.2) is 0 Å². The molecule has 23 heavy (non-hydrogen) atoms. The van der Waals surface area contributed by atoms with Crippen LogP contribution in [0.25, 0.3) is 0 Å². The average molecular weight is 325 g/mol. The van der Waals surface area contributed by atoms with Crippen molar-refractivity contribution in [2.45, 2.75) is 46.0 Å². The van der Waals surface area contributed by atoms with Crippen LogP contribution < -0.4 is 0 Å². The third-order valence-corrected chi connectivity index (χ3v) is 3.56. The number of rotatable bonds is 6. The molecule has 7 nitrogen and oxygen atoms in total. The molecule has 0 aromatic rings. The monoisotopic (exact) mass is 325 g/mol. The van der Waals surface area contributed by atoms with E-state index >= 15 is 0 Å². The molecule has 0 aliphatic heterocycles. The largest absolute Gasteiger partial charge is 0.511 e. The SMILES string of the molecule is COC(=O)CCC(O)=C1C(=O)CC(C)(C)CC1=NCCC(=O)O. The molecule has 1 fully saturated rings. The van der Waals surface area contributed by atoms with Crippen molar-refractivity contribution in [1.29, 1.82) is 0 Å². The zero-order valence-corrected chi connectivity index (χ0v) is 13.7. The topological polar surface area (TPSA) is 113 Å². The van der Waals surface area contributed by atoms with Crippen molar-refractivity contribution >= 4 is 23.4 Å². The normalized spacial score (nSPS) is 21.2. The second-order valence-corrected chi connectivity index (χ2v) is 6.31. The number of ether oxygens (including phenoxy) is 1. The molecule has 0 aromatic carbocycles. The number of hydrogen-bond acceptors (Lipinski definition) is 6. The van der Waals surface area contributed by atoms with Crippen LogP contribution in [0, 0.1) is 5.41 Å². The highest BCUT2D eigenvalue weighted by atomic mass is 16.5. The molecule has 0 saturated heterocycles. The Labute approximate surface area is 135 Å². The van der Waals surface area contributed by atoms with Crippen LogP contribution in [0.3, 0.4) is 0 Å². The number of aliphatic hydroxyl groups is 1. The molecule has 128 valence electrons. The van der Waals surface area contributed by atoms with Crippen LogP contribution >= 0.6 is 0 Å². The van der Waals surface area contributed by atoms with Crippen LogP contribution in [0.15, 0.2) is 16.3 Å². The highest BCUT2D eigenvalue weighted by Crippen LogP contribution is 2.35. The van der Waals surface area contributed by atoms with Crippen LogP contribution in [-0.4, -0.2) is 47.3 Å². The predicted molar refractivity (Wildman–Crippen MR) is 83.5 cm³/mol. The Balaban J connectivity index is 3.04. The first-order valence-corrected chi connectivity index (χ1v) is 7.44. The highest BCUT2D eigenvalue weighted by Gasteiger charge is 2.36. The van der Waals surface area contributed by atoms with E-state index in [-0.39, 0.29) is 54.8 Å². The Kier molecular flexibility index (Phi) is 6.48. The number of Topliss-reactive ketones (excluding diaryl/α,β-unsaturated/α-hetero) is 1. The number of hydrogen-bond donors (Lipinski definition) is 2. The lowest BCUT2D eigenvalue weighted by molar-refractivity contribution is -0.140. The number of methoxy groups -OCH3 is 1. The number of carboxylic acid groups (broad SMARTS) is 1. The Morgan fingerprint density at radius 3 is 2.39 bits per heavy atom. The van der Waals surface area contributed by atoms with Gasteiger partial charge in [-0.05, 0) is 11.8 Å². The Bertz CT molecular complexity index is 559. The summed E-state index contributed by atoms with van der Waals surface area (Å²) in [4.78, 5) is 38.3.